The quantitative estimate of drug-likeness (QED) is 0.509. The lowest BCUT2D eigenvalue weighted by atomic mass is 10.1. The maximum atomic E-state index is 10.9. The molecule has 0 saturated carbocycles. The van der Waals surface area contributed by atoms with Crippen molar-refractivity contribution >= 4 is 16.7 Å². The number of carbonyl (C=O) groups is 1. The molecule has 2 rings (SSSR count). The first-order valence-electron chi connectivity index (χ1n) is 5.85. The molecule has 0 aliphatic heterocycles. The normalized spacial score (nSPS) is 10.1. The first kappa shape index (κ1) is 13.0. The highest BCUT2D eigenvalue weighted by molar-refractivity contribution is 5.92. The van der Waals surface area contributed by atoms with Crippen LogP contribution in [-0.2, 0) is 9.53 Å². The van der Waals surface area contributed by atoms with Crippen molar-refractivity contribution in [1.82, 2.24) is 0 Å². The summed E-state index contributed by atoms with van der Waals surface area (Å²) >= 11 is 0. The molecule has 0 aromatic heterocycles. The molecule has 0 fully saturated rings. The molecule has 1 N–H and O–H groups in total. The Hall–Kier alpha value is -2.49. The number of benzene rings is 2. The predicted octanol–water partition coefficient (Wildman–Crippen LogP) is 2.65. The van der Waals surface area contributed by atoms with Crippen LogP contribution in [0.1, 0.15) is 0 Å². The van der Waals surface area contributed by atoms with E-state index in [1.165, 1.54) is 0 Å². The van der Waals surface area contributed by atoms with E-state index in [4.69, 9.17) is 9.47 Å². The number of phenolic OH excluding ortho intramolecular Hbond substituents is 1. The number of aromatic hydroxyl groups is 1. The summed E-state index contributed by atoms with van der Waals surface area (Å²) in [5.41, 5.74) is 0. The molecule has 98 valence electrons. The van der Waals surface area contributed by atoms with Crippen LogP contribution in [0.2, 0.25) is 0 Å². The summed E-state index contributed by atoms with van der Waals surface area (Å²) in [5, 5.41) is 11.3. The molecular weight excluding hydrogens is 244 g/mol. The number of hydrogen-bond acceptors (Lipinski definition) is 4. The molecule has 0 spiro atoms. The smallest absolute Gasteiger partial charge is 0.330 e. The van der Waals surface area contributed by atoms with Crippen molar-refractivity contribution < 1.29 is 19.4 Å². The Morgan fingerprint density at radius 2 is 1.89 bits per heavy atom. The van der Waals surface area contributed by atoms with Gasteiger partial charge in [0.25, 0.3) is 0 Å². The maximum Gasteiger partial charge on any atom is 0.330 e. The number of esters is 1. The van der Waals surface area contributed by atoms with Crippen molar-refractivity contribution in [3.63, 3.8) is 0 Å². The van der Waals surface area contributed by atoms with Crippen molar-refractivity contribution in [3.8, 4) is 11.5 Å². The van der Waals surface area contributed by atoms with Crippen LogP contribution in [-0.4, -0.2) is 24.3 Å². The van der Waals surface area contributed by atoms with Crippen LogP contribution in [0.5, 0.6) is 11.5 Å². The lowest BCUT2D eigenvalue weighted by Gasteiger charge is -2.10. The van der Waals surface area contributed by atoms with Crippen LogP contribution in [0, 0.1) is 0 Å². The second-order valence-corrected chi connectivity index (χ2v) is 3.85. The predicted molar refractivity (Wildman–Crippen MR) is 72.3 cm³/mol. The van der Waals surface area contributed by atoms with Gasteiger partial charge in [-0.2, -0.15) is 0 Å². The number of fused-ring (bicyclic) bond motifs is 1. The summed E-state index contributed by atoms with van der Waals surface area (Å²) in [7, 11) is 0. The van der Waals surface area contributed by atoms with E-state index < -0.39 is 5.97 Å². The van der Waals surface area contributed by atoms with E-state index in [2.05, 4.69) is 6.58 Å². The van der Waals surface area contributed by atoms with Gasteiger partial charge in [-0.05, 0) is 12.1 Å². The standard InChI is InChI=1S/C15H14O4/c1-2-15(17)19-10-9-18-14-8-4-5-11-12(14)6-3-7-13(11)16/h2-8,16H,1,9-10H2. The van der Waals surface area contributed by atoms with Gasteiger partial charge in [-0.25, -0.2) is 4.79 Å². The molecule has 0 unspecified atom stereocenters. The van der Waals surface area contributed by atoms with E-state index in [0.29, 0.717) is 5.75 Å². The number of rotatable bonds is 5. The fourth-order valence-electron chi connectivity index (χ4n) is 1.74. The molecule has 0 heterocycles. The Kier molecular flexibility index (Phi) is 4.03. The molecule has 0 aliphatic carbocycles. The molecule has 0 radical (unpaired) electrons. The second-order valence-electron chi connectivity index (χ2n) is 3.85. The molecule has 2 aromatic carbocycles. The van der Waals surface area contributed by atoms with Crippen molar-refractivity contribution in [2.24, 2.45) is 0 Å². The lowest BCUT2D eigenvalue weighted by molar-refractivity contribution is -0.138. The van der Waals surface area contributed by atoms with Crippen LogP contribution >= 0.6 is 0 Å². The molecule has 2 aromatic rings. The van der Waals surface area contributed by atoms with E-state index >= 15 is 0 Å². The third-order valence-corrected chi connectivity index (χ3v) is 2.61. The Bertz CT molecular complexity index is 604. The third-order valence-electron chi connectivity index (χ3n) is 2.61. The molecule has 4 nitrogen and oxygen atoms in total. The van der Waals surface area contributed by atoms with Crippen LogP contribution in [0.4, 0.5) is 0 Å². The Labute approximate surface area is 110 Å². The van der Waals surface area contributed by atoms with E-state index in [1.807, 2.05) is 12.1 Å². The van der Waals surface area contributed by atoms with Gasteiger partial charge in [0, 0.05) is 16.8 Å². The van der Waals surface area contributed by atoms with Crippen molar-refractivity contribution in [2.75, 3.05) is 13.2 Å². The topological polar surface area (TPSA) is 55.8 Å². The minimum atomic E-state index is -0.473. The van der Waals surface area contributed by atoms with E-state index in [9.17, 15) is 9.90 Å². The number of phenols is 1. The van der Waals surface area contributed by atoms with E-state index in [1.54, 1.807) is 24.3 Å². The Morgan fingerprint density at radius 1 is 1.16 bits per heavy atom. The summed E-state index contributed by atoms with van der Waals surface area (Å²) < 4.78 is 10.4. The third kappa shape index (κ3) is 3.04. The Morgan fingerprint density at radius 3 is 2.68 bits per heavy atom. The summed E-state index contributed by atoms with van der Waals surface area (Å²) in [4.78, 5) is 10.9. The van der Waals surface area contributed by atoms with Crippen LogP contribution in [0.3, 0.4) is 0 Å². The second kappa shape index (κ2) is 5.91. The fraction of sp³-hybridized carbons (Fsp3) is 0.133. The molecule has 0 atom stereocenters. The van der Waals surface area contributed by atoms with Gasteiger partial charge in [0.2, 0.25) is 0 Å². The van der Waals surface area contributed by atoms with Crippen LogP contribution in [0.25, 0.3) is 10.8 Å². The van der Waals surface area contributed by atoms with Crippen LogP contribution in [0.15, 0.2) is 49.1 Å². The van der Waals surface area contributed by atoms with Gasteiger partial charge in [-0.3, -0.25) is 0 Å². The van der Waals surface area contributed by atoms with Gasteiger partial charge in [0.05, 0.1) is 0 Å². The first-order valence-corrected chi connectivity index (χ1v) is 5.85. The van der Waals surface area contributed by atoms with E-state index in [-0.39, 0.29) is 19.0 Å². The highest BCUT2D eigenvalue weighted by Crippen LogP contribution is 2.31. The monoisotopic (exact) mass is 258 g/mol. The zero-order valence-corrected chi connectivity index (χ0v) is 10.3. The highest BCUT2D eigenvalue weighted by Gasteiger charge is 2.05. The van der Waals surface area contributed by atoms with E-state index in [0.717, 1.165) is 16.8 Å². The fourth-order valence-corrected chi connectivity index (χ4v) is 1.74. The van der Waals surface area contributed by atoms with Gasteiger partial charge in [0.1, 0.15) is 24.7 Å². The van der Waals surface area contributed by atoms with Gasteiger partial charge in [-0.15, -0.1) is 0 Å². The van der Waals surface area contributed by atoms with Crippen molar-refractivity contribution in [1.29, 1.82) is 0 Å². The Balaban J connectivity index is 2.07. The molecule has 4 heteroatoms. The molecule has 0 aliphatic rings. The average molecular weight is 258 g/mol. The summed E-state index contributed by atoms with van der Waals surface area (Å²) in [6.07, 6.45) is 1.11. The molecule has 0 saturated heterocycles. The minimum Gasteiger partial charge on any atom is -0.507 e. The summed E-state index contributed by atoms with van der Waals surface area (Å²) in [6.45, 7) is 3.70. The highest BCUT2D eigenvalue weighted by atomic mass is 16.6. The summed E-state index contributed by atoms with van der Waals surface area (Å²) in [6, 6.07) is 10.7. The van der Waals surface area contributed by atoms with Crippen molar-refractivity contribution in [3.05, 3.63) is 49.1 Å². The zero-order chi connectivity index (χ0) is 13.7. The lowest BCUT2D eigenvalue weighted by Crippen LogP contribution is -2.10. The van der Waals surface area contributed by atoms with Crippen molar-refractivity contribution in [2.45, 2.75) is 0 Å². The number of carbonyl (C=O) groups excluding carboxylic acids is 1. The van der Waals surface area contributed by atoms with Crippen LogP contribution < -0.4 is 4.74 Å². The average Bonchev–Trinajstić information content (AvgIpc) is 2.44. The van der Waals surface area contributed by atoms with Gasteiger partial charge in [0.15, 0.2) is 0 Å². The largest absolute Gasteiger partial charge is 0.507 e. The van der Waals surface area contributed by atoms with Gasteiger partial charge < -0.3 is 14.6 Å². The SMILES string of the molecule is C=CC(=O)OCCOc1cccc2c(O)cccc12. The minimum absolute atomic E-state index is 0.153. The van der Waals surface area contributed by atoms with Gasteiger partial charge >= 0.3 is 5.97 Å². The first-order chi connectivity index (χ1) is 9.22. The summed E-state index contributed by atoms with van der Waals surface area (Å²) in [5.74, 6) is 0.378. The van der Waals surface area contributed by atoms with Gasteiger partial charge in [-0.1, -0.05) is 30.8 Å². The number of ether oxygens (including phenoxy) is 2. The molecule has 0 amide bonds. The maximum absolute atomic E-state index is 10.9. The molecular formula is C15H14O4. The molecule has 0 bridgehead atoms. The number of hydrogen-bond donors (Lipinski definition) is 1. The zero-order valence-electron chi connectivity index (χ0n) is 10.3. The molecule has 19 heavy (non-hydrogen) atoms.